The van der Waals surface area contributed by atoms with Crippen molar-refractivity contribution in [2.24, 2.45) is 0 Å². The summed E-state index contributed by atoms with van der Waals surface area (Å²) in [4.78, 5) is 38.0. The molecule has 0 radical (unpaired) electrons. The zero-order chi connectivity index (χ0) is 43.7. The standard InChI is InChI=1S/C54H100O6/c1-4-7-10-13-16-19-22-25-27-29-32-35-38-41-44-47-53(56)59-50-51(49-58-52(55)46-43-40-37-34-31-24-21-18-15-12-9-6-3)60-54(57)48-45-42-39-36-33-30-28-26-23-20-17-14-11-8-5-2/h19-20,22-23,51H,4-18,21,24-50H2,1-3H3/b22-19-,23-20-. The van der Waals surface area contributed by atoms with Crippen LogP contribution >= 0.6 is 0 Å². The summed E-state index contributed by atoms with van der Waals surface area (Å²) < 4.78 is 16.8. The molecule has 0 aliphatic heterocycles. The van der Waals surface area contributed by atoms with E-state index in [-0.39, 0.29) is 31.1 Å². The molecule has 0 N–H and O–H groups in total. The second-order valence-electron chi connectivity index (χ2n) is 17.8. The number of allylic oxidation sites excluding steroid dienone is 4. The molecule has 0 saturated heterocycles. The van der Waals surface area contributed by atoms with Gasteiger partial charge < -0.3 is 14.2 Å². The number of hydrogen-bond acceptors (Lipinski definition) is 6. The fourth-order valence-corrected chi connectivity index (χ4v) is 7.67. The molecule has 1 unspecified atom stereocenters. The Hall–Kier alpha value is -2.11. The van der Waals surface area contributed by atoms with E-state index in [2.05, 4.69) is 45.1 Å². The Bertz CT molecular complexity index is 973. The smallest absolute Gasteiger partial charge is 0.306 e. The van der Waals surface area contributed by atoms with Crippen LogP contribution in [0, 0.1) is 0 Å². The lowest BCUT2D eigenvalue weighted by Gasteiger charge is -2.18. The molecule has 0 saturated carbocycles. The van der Waals surface area contributed by atoms with Crippen LogP contribution in [0.4, 0.5) is 0 Å². The molecule has 0 amide bonds. The van der Waals surface area contributed by atoms with E-state index in [1.165, 1.54) is 186 Å². The quantitative estimate of drug-likeness (QED) is 0.0263. The zero-order valence-electron chi connectivity index (χ0n) is 40.2. The first-order chi connectivity index (χ1) is 29.5. The van der Waals surface area contributed by atoms with Crippen molar-refractivity contribution >= 4 is 17.9 Å². The molecule has 0 aromatic carbocycles. The molecule has 352 valence electrons. The fourth-order valence-electron chi connectivity index (χ4n) is 7.67. The molecule has 6 heteroatoms. The van der Waals surface area contributed by atoms with Crippen molar-refractivity contribution in [1.82, 2.24) is 0 Å². The molecule has 0 aliphatic rings. The third-order valence-electron chi connectivity index (χ3n) is 11.7. The highest BCUT2D eigenvalue weighted by molar-refractivity contribution is 5.71. The predicted octanol–water partition coefficient (Wildman–Crippen LogP) is 17.2. The Labute approximate surface area is 373 Å². The van der Waals surface area contributed by atoms with E-state index >= 15 is 0 Å². The van der Waals surface area contributed by atoms with Gasteiger partial charge in [-0.1, -0.05) is 218 Å². The van der Waals surface area contributed by atoms with E-state index in [0.29, 0.717) is 19.3 Å². The van der Waals surface area contributed by atoms with Crippen LogP contribution in [0.5, 0.6) is 0 Å². The van der Waals surface area contributed by atoms with Gasteiger partial charge in [0.15, 0.2) is 6.10 Å². The number of ether oxygens (including phenoxy) is 3. The second-order valence-corrected chi connectivity index (χ2v) is 17.8. The van der Waals surface area contributed by atoms with Gasteiger partial charge in [-0.25, -0.2) is 0 Å². The molecule has 0 aromatic heterocycles. The van der Waals surface area contributed by atoms with Crippen LogP contribution in [0.25, 0.3) is 0 Å². The monoisotopic (exact) mass is 845 g/mol. The molecule has 60 heavy (non-hydrogen) atoms. The van der Waals surface area contributed by atoms with Gasteiger partial charge in [-0.2, -0.15) is 0 Å². The minimum absolute atomic E-state index is 0.0705. The van der Waals surface area contributed by atoms with E-state index < -0.39 is 6.10 Å². The predicted molar refractivity (Wildman–Crippen MR) is 256 cm³/mol. The first-order valence-corrected chi connectivity index (χ1v) is 26.3. The first kappa shape index (κ1) is 57.9. The van der Waals surface area contributed by atoms with Crippen LogP contribution < -0.4 is 0 Å². The number of carbonyl (C=O) groups is 3. The Morgan fingerprint density at radius 3 is 0.850 bits per heavy atom. The molecule has 0 aliphatic carbocycles. The molecule has 0 spiro atoms. The zero-order valence-corrected chi connectivity index (χ0v) is 40.2. The molecular weight excluding hydrogens is 745 g/mol. The van der Waals surface area contributed by atoms with E-state index in [1.807, 2.05) is 0 Å². The summed E-state index contributed by atoms with van der Waals surface area (Å²) in [7, 11) is 0. The molecule has 1 atom stereocenters. The van der Waals surface area contributed by atoms with Crippen LogP contribution in [0.15, 0.2) is 24.3 Å². The third kappa shape index (κ3) is 46.9. The Balaban J connectivity index is 4.35. The molecular formula is C54H100O6. The van der Waals surface area contributed by atoms with Crippen molar-refractivity contribution in [3.05, 3.63) is 24.3 Å². The van der Waals surface area contributed by atoms with Crippen LogP contribution in [0.3, 0.4) is 0 Å². The van der Waals surface area contributed by atoms with E-state index in [9.17, 15) is 14.4 Å². The maximum absolute atomic E-state index is 12.8. The Kier molecular flexibility index (Phi) is 47.8. The van der Waals surface area contributed by atoms with Crippen molar-refractivity contribution < 1.29 is 28.6 Å². The first-order valence-electron chi connectivity index (χ1n) is 26.3. The van der Waals surface area contributed by atoms with Gasteiger partial charge in [-0.05, 0) is 70.6 Å². The summed E-state index contributed by atoms with van der Waals surface area (Å²) in [5.74, 6) is -0.867. The number of hydrogen-bond donors (Lipinski definition) is 0. The van der Waals surface area contributed by atoms with Crippen molar-refractivity contribution in [3.8, 4) is 0 Å². The Morgan fingerprint density at radius 1 is 0.317 bits per heavy atom. The van der Waals surface area contributed by atoms with E-state index in [4.69, 9.17) is 14.2 Å². The largest absolute Gasteiger partial charge is 0.462 e. The number of rotatable bonds is 48. The van der Waals surface area contributed by atoms with Crippen molar-refractivity contribution in [2.75, 3.05) is 13.2 Å². The van der Waals surface area contributed by atoms with Crippen molar-refractivity contribution in [1.29, 1.82) is 0 Å². The van der Waals surface area contributed by atoms with Gasteiger partial charge in [-0.3, -0.25) is 14.4 Å². The van der Waals surface area contributed by atoms with Gasteiger partial charge >= 0.3 is 17.9 Å². The summed E-state index contributed by atoms with van der Waals surface area (Å²) in [5, 5.41) is 0. The minimum atomic E-state index is -0.770. The average molecular weight is 845 g/mol. The highest BCUT2D eigenvalue weighted by atomic mass is 16.6. The number of esters is 3. The highest BCUT2D eigenvalue weighted by Gasteiger charge is 2.19. The summed E-state index contributed by atoms with van der Waals surface area (Å²) in [6.07, 6.45) is 55.8. The van der Waals surface area contributed by atoms with Gasteiger partial charge in [-0.15, -0.1) is 0 Å². The average Bonchev–Trinajstić information content (AvgIpc) is 3.24. The van der Waals surface area contributed by atoms with Crippen molar-refractivity contribution in [3.63, 3.8) is 0 Å². The minimum Gasteiger partial charge on any atom is -0.462 e. The molecule has 0 aromatic rings. The summed E-state index contributed by atoms with van der Waals surface area (Å²) in [6, 6.07) is 0. The van der Waals surface area contributed by atoms with Crippen LogP contribution in [0.1, 0.15) is 284 Å². The lowest BCUT2D eigenvalue weighted by molar-refractivity contribution is -0.167. The van der Waals surface area contributed by atoms with Gasteiger partial charge in [0.1, 0.15) is 13.2 Å². The third-order valence-corrected chi connectivity index (χ3v) is 11.7. The molecule has 6 nitrogen and oxygen atoms in total. The van der Waals surface area contributed by atoms with Crippen molar-refractivity contribution in [2.45, 2.75) is 290 Å². The van der Waals surface area contributed by atoms with Gasteiger partial charge in [0.05, 0.1) is 0 Å². The summed E-state index contributed by atoms with van der Waals surface area (Å²) in [6.45, 7) is 6.63. The normalized spacial score (nSPS) is 12.1. The summed E-state index contributed by atoms with van der Waals surface area (Å²) in [5.41, 5.74) is 0. The molecule has 0 bridgehead atoms. The topological polar surface area (TPSA) is 78.9 Å². The number of carbonyl (C=O) groups excluding carboxylic acids is 3. The maximum atomic E-state index is 12.8. The molecule has 0 fully saturated rings. The van der Waals surface area contributed by atoms with Gasteiger partial charge in [0.2, 0.25) is 0 Å². The van der Waals surface area contributed by atoms with Crippen LogP contribution in [0.2, 0.25) is 0 Å². The maximum Gasteiger partial charge on any atom is 0.306 e. The fraction of sp³-hybridized carbons (Fsp3) is 0.870. The van der Waals surface area contributed by atoms with Gasteiger partial charge in [0.25, 0.3) is 0 Å². The van der Waals surface area contributed by atoms with E-state index in [0.717, 1.165) is 57.8 Å². The summed E-state index contributed by atoms with van der Waals surface area (Å²) >= 11 is 0. The van der Waals surface area contributed by atoms with Crippen LogP contribution in [-0.4, -0.2) is 37.2 Å². The molecule has 0 rings (SSSR count). The second kappa shape index (κ2) is 49.5. The lowest BCUT2D eigenvalue weighted by Crippen LogP contribution is -2.30. The van der Waals surface area contributed by atoms with E-state index in [1.54, 1.807) is 0 Å². The number of unbranched alkanes of at least 4 members (excludes halogenated alkanes) is 33. The van der Waals surface area contributed by atoms with Crippen LogP contribution in [-0.2, 0) is 28.6 Å². The van der Waals surface area contributed by atoms with Gasteiger partial charge in [0, 0.05) is 19.3 Å². The highest BCUT2D eigenvalue weighted by Crippen LogP contribution is 2.15. The Morgan fingerprint density at radius 2 is 0.550 bits per heavy atom. The lowest BCUT2D eigenvalue weighted by atomic mass is 10.0. The molecule has 0 heterocycles. The SMILES string of the molecule is CCCCCC/C=C\CCCCCCCCCC(=O)OCC(COC(=O)CCCCCCCCCCCCCC)OC(=O)CCCCCCCCC/C=C\CCCCCC.